The molecule has 1 amide bonds. The van der Waals surface area contributed by atoms with E-state index in [0.29, 0.717) is 19.5 Å². The summed E-state index contributed by atoms with van der Waals surface area (Å²) in [4.78, 5) is 21.1. The number of ether oxygens (including phenoxy) is 1. The van der Waals surface area contributed by atoms with Gasteiger partial charge < -0.3 is 14.5 Å². The molecule has 0 fully saturated rings. The minimum atomic E-state index is 0.139. The van der Waals surface area contributed by atoms with Gasteiger partial charge in [-0.2, -0.15) is 0 Å². The maximum atomic E-state index is 12.6. The predicted molar refractivity (Wildman–Crippen MR) is 89.6 cm³/mol. The first-order valence-electron chi connectivity index (χ1n) is 7.73. The van der Waals surface area contributed by atoms with Gasteiger partial charge in [0, 0.05) is 38.4 Å². The summed E-state index contributed by atoms with van der Waals surface area (Å²) in [5, 5.41) is 0. The van der Waals surface area contributed by atoms with Gasteiger partial charge in [-0.05, 0) is 23.8 Å². The van der Waals surface area contributed by atoms with E-state index in [2.05, 4.69) is 9.88 Å². The van der Waals surface area contributed by atoms with Gasteiger partial charge in [0.15, 0.2) is 0 Å². The van der Waals surface area contributed by atoms with E-state index in [1.165, 1.54) is 0 Å². The minimum absolute atomic E-state index is 0.139. The van der Waals surface area contributed by atoms with Crippen LogP contribution in [0, 0.1) is 0 Å². The van der Waals surface area contributed by atoms with Crippen LogP contribution in [0.3, 0.4) is 0 Å². The largest absolute Gasteiger partial charge is 0.497 e. The molecular formula is C18H21N3O2. The van der Waals surface area contributed by atoms with Crippen LogP contribution in [-0.4, -0.2) is 43.0 Å². The van der Waals surface area contributed by atoms with Crippen molar-refractivity contribution in [3.05, 3.63) is 53.7 Å². The van der Waals surface area contributed by atoms with Crippen LogP contribution < -0.4 is 9.64 Å². The molecule has 23 heavy (non-hydrogen) atoms. The van der Waals surface area contributed by atoms with Crippen LogP contribution in [0.1, 0.15) is 11.1 Å². The van der Waals surface area contributed by atoms with Crippen LogP contribution in [0.5, 0.6) is 5.75 Å². The van der Waals surface area contributed by atoms with Crippen LogP contribution in [0.2, 0.25) is 0 Å². The summed E-state index contributed by atoms with van der Waals surface area (Å²) in [6.07, 6.45) is 2.20. The van der Waals surface area contributed by atoms with E-state index < -0.39 is 0 Å². The van der Waals surface area contributed by atoms with Gasteiger partial charge >= 0.3 is 0 Å². The average Bonchev–Trinajstić information content (AvgIpc) is 2.75. The fraction of sp³-hybridized carbons (Fsp3) is 0.333. The van der Waals surface area contributed by atoms with Crippen molar-refractivity contribution in [3.8, 4) is 5.75 Å². The third kappa shape index (κ3) is 3.44. The van der Waals surface area contributed by atoms with Crippen LogP contribution in [-0.2, 0) is 17.8 Å². The Morgan fingerprint density at radius 3 is 2.74 bits per heavy atom. The summed E-state index contributed by atoms with van der Waals surface area (Å²) < 4.78 is 5.15. The topological polar surface area (TPSA) is 45.7 Å². The maximum Gasteiger partial charge on any atom is 0.227 e. The maximum absolute atomic E-state index is 12.6. The van der Waals surface area contributed by atoms with Crippen LogP contribution in [0.25, 0.3) is 0 Å². The van der Waals surface area contributed by atoms with E-state index in [0.717, 1.165) is 29.2 Å². The van der Waals surface area contributed by atoms with Crippen molar-refractivity contribution in [3.63, 3.8) is 0 Å². The molecule has 0 aliphatic carbocycles. The molecule has 120 valence electrons. The monoisotopic (exact) mass is 311 g/mol. The van der Waals surface area contributed by atoms with E-state index in [4.69, 9.17) is 4.74 Å². The van der Waals surface area contributed by atoms with Crippen molar-refractivity contribution >= 4 is 11.7 Å². The lowest BCUT2D eigenvalue weighted by Gasteiger charge is -2.21. The second-order valence-electron chi connectivity index (χ2n) is 5.75. The molecule has 0 N–H and O–H groups in total. The van der Waals surface area contributed by atoms with Gasteiger partial charge in [-0.1, -0.05) is 18.2 Å². The van der Waals surface area contributed by atoms with E-state index in [9.17, 15) is 4.79 Å². The summed E-state index contributed by atoms with van der Waals surface area (Å²) in [7, 11) is 3.66. The van der Waals surface area contributed by atoms with Gasteiger partial charge in [0.1, 0.15) is 11.6 Å². The molecule has 0 spiro atoms. The number of rotatable bonds is 3. The Labute approximate surface area is 136 Å². The highest BCUT2D eigenvalue weighted by Crippen LogP contribution is 2.21. The van der Waals surface area contributed by atoms with E-state index in [1.54, 1.807) is 13.3 Å². The Bertz CT molecular complexity index is 685. The lowest BCUT2D eigenvalue weighted by molar-refractivity contribution is -0.130. The number of methoxy groups -OCH3 is 1. The Hall–Kier alpha value is -2.56. The van der Waals surface area contributed by atoms with E-state index in [-0.39, 0.29) is 5.91 Å². The van der Waals surface area contributed by atoms with Crippen molar-refractivity contribution in [2.24, 2.45) is 0 Å². The molecule has 1 aliphatic rings. The number of carbonyl (C=O) groups is 1. The molecule has 1 aromatic heterocycles. The first-order valence-corrected chi connectivity index (χ1v) is 7.73. The van der Waals surface area contributed by atoms with Gasteiger partial charge in [-0.25, -0.2) is 4.98 Å². The molecule has 0 unspecified atom stereocenters. The zero-order valence-corrected chi connectivity index (χ0v) is 13.5. The van der Waals surface area contributed by atoms with Gasteiger partial charge in [-0.3, -0.25) is 4.79 Å². The molecule has 1 aromatic carbocycles. The molecule has 5 heteroatoms. The van der Waals surface area contributed by atoms with E-state index in [1.807, 2.05) is 48.3 Å². The minimum Gasteiger partial charge on any atom is -0.497 e. The Kier molecular flexibility index (Phi) is 4.46. The Morgan fingerprint density at radius 2 is 2.00 bits per heavy atom. The number of anilines is 1. The van der Waals surface area contributed by atoms with Crippen LogP contribution in [0.4, 0.5) is 5.82 Å². The van der Waals surface area contributed by atoms with Crippen molar-refractivity contribution in [2.75, 3.05) is 32.1 Å². The number of nitrogens with zero attached hydrogens (tertiary/aromatic N) is 3. The number of amides is 1. The fourth-order valence-electron chi connectivity index (χ4n) is 2.80. The summed E-state index contributed by atoms with van der Waals surface area (Å²) in [6.45, 7) is 2.11. The van der Waals surface area contributed by atoms with Crippen molar-refractivity contribution in [2.45, 2.75) is 13.0 Å². The number of likely N-dealkylation sites (N-methyl/N-ethyl adjacent to an activating group) is 1. The molecule has 0 radical (unpaired) electrons. The number of benzene rings is 1. The predicted octanol–water partition coefficient (Wildman–Crippen LogP) is 2.11. The molecule has 2 aromatic rings. The number of aromatic nitrogens is 1. The number of fused-ring (bicyclic) bond motifs is 1. The number of hydrogen-bond acceptors (Lipinski definition) is 4. The SMILES string of the molecule is COc1ccc(CC(=O)N2CCN(C)c3ncccc3C2)cc1. The number of pyridine rings is 1. The highest BCUT2D eigenvalue weighted by molar-refractivity contribution is 5.79. The molecule has 2 heterocycles. The van der Waals surface area contributed by atoms with Crippen LogP contribution in [0.15, 0.2) is 42.6 Å². The highest BCUT2D eigenvalue weighted by Gasteiger charge is 2.21. The van der Waals surface area contributed by atoms with Gasteiger partial charge in [0.25, 0.3) is 0 Å². The molecule has 1 aliphatic heterocycles. The summed E-state index contributed by atoms with van der Waals surface area (Å²) >= 11 is 0. The standard InChI is InChI=1S/C18H21N3O2/c1-20-10-11-21(13-15-4-3-9-19-18(15)20)17(22)12-14-5-7-16(23-2)8-6-14/h3-9H,10-13H2,1-2H3. The lowest BCUT2D eigenvalue weighted by Crippen LogP contribution is -2.35. The molecule has 0 bridgehead atoms. The smallest absolute Gasteiger partial charge is 0.227 e. The Balaban J connectivity index is 1.72. The van der Waals surface area contributed by atoms with Crippen molar-refractivity contribution in [1.29, 1.82) is 0 Å². The second-order valence-corrected chi connectivity index (χ2v) is 5.75. The Morgan fingerprint density at radius 1 is 1.22 bits per heavy atom. The van der Waals surface area contributed by atoms with Crippen molar-refractivity contribution in [1.82, 2.24) is 9.88 Å². The molecule has 3 rings (SSSR count). The zero-order valence-electron chi connectivity index (χ0n) is 13.5. The third-order valence-electron chi connectivity index (χ3n) is 4.16. The van der Waals surface area contributed by atoms with Gasteiger partial charge in [-0.15, -0.1) is 0 Å². The second kappa shape index (κ2) is 6.69. The fourth-order valence-corrected chi connectivity index (χ4v) is 2.80. The first-order chi connectivity index (χ1) is 11.2. The summed E-state index contributed by atoms with van der Waals surface area (Å²) in [5.41, 5.74) is 2.09. The number of carbonyl (C=O) groups excluding carboxylic acids is 1. The lowest BCUT2D eigenvalue weighted by atomic mass is 10.1. The molecular weight excluding hydrogens is 290 g/mol. The quantitative estimate of drug-likeness (QED) is 0.871. The van der Waals surface area contributed by atoms with Crippen molar-refractivity contribution < 1.29 is 9.53 Å². The normalized spacial score (nSPS) is 14.2. The number of hydrogen-bond donors (Lipinski definition) is 0. The van der Waals surface area contributed by atoms with Gasteiger partial charge in [0.2, 0.25) is 5.91 Å². The first kappa shape index (κ1) is 15.3. The summed E-state index contributed by atoms with van der Waals surface area (Å²) in [6, 6.07) is 11.6. The van der Waals surface area contributed by atoms with Gasteiger partial charge in [0.05, 0.1) is 13.5 Å². The molecule has 0 saturated heterocycles. The summed E-state index contributed by atoms with van der Waals surface area (Å²) in [5.74, 6) is 1.91. The molecule has 0 saturated carbocycles. The molecule has 5 nitrogen and oxygen atoms in total. The highest BCUT2D eigenvalue weighted by atomic mass is 16.5. The van der Waals surface area contributed by atoms with E-state index >= 15 is 0 Å². The van der Waals surface area contributed by atoms with Crippen LogP contribution >= 0.6 is 0 Å². The average molecular weight is 311 g/mol. The third-order valence-corrected chi connectivity index (χ3v) is 4.16. The zero-order chi connectivity index (χ0) is 16.2. The molecule has 0 atom stereocenters.